The van der Waals surface area contributed by atoms with Crippen molar-refractivity contribution in [3.63, 3.8) is 0 Å². The molecule has 2 fully saturated rings. The maximum atomic E-state index is 7.34. The molecule has 3 heteroatoms. The van der Waals surface area contributed by atoms with E-state index in [9.17, 15) is 0 Å². The molecule has 0 unspecified atom stereocenters. The average molecular weight is 267 g/mol. The molecule has 0 radical (unpaired) electrons. The van der Waals surface area contributed by atoms with E-state index < -0.39 is 0 Å². The lowest BCUT2D eigenvalue weighted by molar-refractivity contribution is -0.206. The molecule has 0 aromatic rings. The third-order valence-electron chi connectivity index (χ3n) is 4.33. The fourth-order valence-corrected chi connectivity index (χ4v) is 3.76. The molecule has 1 N–H and O–H groups in total. The second kappa shape index (κ2) is 5.53. The Labute approximate surface area is 117 Å². The van der Waals surface area contributed by atoms with Crippen LogP contribution in [-0.4, -0.2) is 29.6 Å². The summed E-state index contributed by atoms with van der Waals surface area (Å²) in [5, 5.41) is 7.34. The van der Waals surface area contributed by atoms with Gasteiger partial charge in [0.15, 0.2) is 0 Å². The van der Waals surface area contributed by atoms with Crippen LogP contribution in [0.3, 0.4) is 0 Å². The quantitative estimate of drug-likeness (QED) is 0.787. The van der Waals surface area contributed by atoms with Crippen LogP contribution in [0, 0.1) is 11.3 Å². The fraction of sp³-hybridized carbons (Fsp3) is 0.938. The number of hydrogen-bond donors (Lipinski definition) is 1. The highest BCUT2D eigenvalue weighted by Crippen LogP contribution is 2.38. The molecule has 1 heterocycles. The molecular formula is C16H29NO2. The SMILES string of the molecule is CC1(C)CC(O[C@H]2CC[C@@H](C=N)CC2)CC(C)(C)O1. The molecule has 0 aromatic heterocycles. The van der Waals surface area contributed by atoms with Gasteiger partial charge in [0.05, 0.1) is 23.4 Å². The van der Waals surface area contributed by atoms with Crippen molar-refractivity contribution >= 4 is 6.21 Å². The molecule has 1 saturated carbocycles. The number of nitrogens with one attached hydrogen (secondary N) is 1. The second-order valence-corrected chi connectivity index (χ2v) is 7.49. The van der Waals surface area contributed by atoms with E-state index in [-0.39, 0.29) is 11.2 Å². The molecule has 0 amide bonds. The van der Waals surface area contributed by atoms with Gasteiger partial charge in [-0.15, -0.1) is 0 Å². The minimum absolute atomic E-state index is 0.0847. The minimum Gasteiger partial charge on any atom is -0.375 e. The van der Waals surface area contributed by atoms with Crippen LogP contribution in [0.2, 0.25) is 0 Å². The molecule has 3 nitrogen and oxygen atoms in total. The largest absolute Gasteiger partial charge is 0.375 e. The zero-order valence-electron chi connectivity index (χ0n) is 12.9. The first-order chi connectivity index (χ1) is 8.80. The van der Waals surface area contributed by atoms with Crippen LogP contribution in [0.15, 0.2) is 0 Å². The van der Waals surface area contributed by atoms with Crippen LogP contribution in [0.5, 0.6) is 0 Å². The highest BCUT2D eigenvalue weighted by molar-refractivity contribution is 5.56. The van der Waals surface area contributed by atoms with E-state index in [1.165, 1.54) is 0 Å². The summed E-state index contributed by atoms with van der Waals surface area (Å²) in [5.74, 6) is 0.488. The van der Waals surface area contributed by atoms with Crippen LogP contribution in [0.4, 0.5) is 0 Å². The molecule has 19 heavy (non-hydrogen) atoms. The maximum absolute atomic E-state index is 7.34. The molecule has 0 atom stereocenters. The van der Waals surface area contributed by atoms with Gasteiger partial charge in [0.2, 0.25) is 0 Å². The van der Waals surface area contributed by atoms with Gasteiger partial charge >= 0.3 is 0 Å². The molecule has 1 aliphatic carbocycles. The Morgan fingerprint density at radius 2 is 1.47 bits per heavy atom. The van der Waals surface area contributed by atoms with Gasteiger partial charge in [-0.1, -0.05) is 0 Å². The van der Waals surface area contributed by atoms with Gasteiger partial charge in [0, 0.05) is 12.8 Å². The number of hydrogen-bond acceptors (Lipinski definition) is 3. The Bertz CT molecular complexity index is 301. The third-order valence-corrected chi connectivity index (χ3v) is 4.33. The number of ether oxygens (including phenoxy) is 2. The smallest absolute Gasteiger partial charge is 0.0658 e. The van der Waals surface area contributed by atoms with Crippen molar-refractivity contribution in [1.82, 2.24) is 0 Å². The van der Waals surface area contributed by atoms with Gasteiger partial charge in [-0.3, -0.25) is 0 Å². The Morgan fingerprint density at radius 1 is 0.947 bits per heavy atom. The summed E-state index contributed by atoms with van der Waals surface area (Å²) < 4.78 is 12.4. The molecular weight excluding hydrogens is 238 g/mol. The lowest BCUT2D eigenvalue weighted by Crippen LogP contribution is -2.49. The van der Waals surface area contributed by atoms with E-state index in [1.807, 2.05) is 0 Å². The van der Waals surface area contributed by atoms with E-state index in [2.05, 4.69) is 27.7 Å². The van der Waals surface area contributed by atoms with E-state index >= 15 is 0 Å². The molecule has 0 aromatic carbocycles. The molecule has 0 spiro atoms. The summed E-state index contributed by atoms with van der Waals surface area (Å²) in [7, 11) is 0. The molecule has 0 bridgehead atoms. The van der Waals surface area contributed by atoms with Gasteiger partial charge in [0.25, 0.3) is 0 Å². The third kappa shape index (κ3) is 4.28. The second-order valence-electron chi connectivity index (χ2n) is 7.49. The molecule has 110 valence electrons. The Hall–Kier alpha value is -0.410. The van der Waals surface area contributed by atoms with Crippen molar-refractivity contribution in [2.45, 2.75) is 89.6 Å². The molecule has 2 aliphatic rings. The van der Waals surface area contributed by atoms with E-state index in [4.69, 9.17) is 14.9 Å². The number of rotatable bonds is 3. The lowest BCUT2D eigenvalue weighted by Gasteiger charge is -2.46. The fourth-order valence-electron chi connectivity index (χ4n) is 3.76. The van der Waals surface area contributed by atoms with Gasteiger partial charge in [-0.25, -0.2) is 0 Å². The Balaban J connectivity index is 1.87. The summed E-state index contributed by atoms with van der Waals surface area (Å²) in [4.78, 5) is 0. The summed E-state index contributed by atoms with van der Waals surface area (Å²) in [6, 6.07) is 0. The molecule has 2 rings (SSSR count). The van der Waals surface area contributed by atoms with Crippen LogP contribution in [-0.2, 0) is 9.47 Å². The average Bonchev–Trinajstić information content (AvgIpc) is 2.25. The summed E-state index contributed by atoms with van der Waals surface area (Å²) in [6.07, 6.45) is 8.75. The standard InChI is InChI=1S/C16H29NO2/c1-15(2)9-14(10-16(3,4)19-15)18-13-7-5-12(11-17)6-8-13/h11-14,17H,5-10H2,1-4H3/t12-,13+. The van der Waals surface area contributed by atoms with Crippen molar-refractivity contribution in [2.75, 3.05) is 0 Å². The highest BCUT2D eigenvalue weighted by atomic mass is 16.5. The van der Waals surface area contributed by atoms with E-state index in [0.717, 1.165) is 38.5 Å². The van der Waals surface area contributed by atoms with Crippen molar-refractivity contribution in [1.29, 1.82) is 5.41 Å². The van der Waals surface area contributed by atoms with Gasteiger partial charge < -0.3 is 14.9 Å². The molecule has 1 aliphatic heterocycles. The Kier molecular flexibility index (Phi) is 4.36. The highest BCUT2D eigenvalue weighted by Gasteiger charge is 2.40. The minimum atomic E-state index is -0.0847. The van der Waals surface area contributed by atoms with Crippen molar-refractivity contribution in [3.8, 4) is 0 Å². The van der Waals surface area contributed by atoms with Crippen LogP contribution in [0.1, 0.15) is 66.2 Å². The van der Waals surface area contributed by atoms with Gasteiger partial charge in [0.1, 0.15) is 0 Å². The maximum Gasteiger partial charge on any atom is 0.0658 e. The topological polar surface area (TPSA) is 42.3 Å². The van der Waals surface area contributed by atoms with Crippen molar-refractivity contribution in [2.24, 2.45) is 5.92 Å². The predicted octanol–water partition coefficient (Wildman–Crippen LogP) is 3.95. The van der Waals surface area contributed by atoms with E-state index in [1.54, 1.807) is 6.21 Å². The summed E-state index contributed by atoms with van der Waals surface area (Å²) in [5.41, 5.74) is -0.169. The van der Waals surface area contributed by atoms with E-state index in [0.29, 0.717) is 18.1 Å². The van der Waals surface area contributed by atoms with Crippen molar-refractivity contribution < 1.29 is 9.47 Å². The van der Waals surface area contributed by atoms with Gasteiger partial charge in [-0.05, 0) is 65.5 Å². The first-order valence-corrected chi connectivity index (χ1v) is 7.66. The van der Waals surface area contributed by atoms with Crippen LogP contribution < -0.4 is 0 Å². The summed E-state index contributed by atoms with van der Waals surface area (Å²) in [6.45, 7) is 8.65. The predicted molar refractivity (Wildman–Crippen MR) is 77.9 cm³/mol. The van der Waals surface area contributed by atoms with Crippen molar-refractivity contribution in [3.05, 3.63) is 0 Å². The van der Waals surface area contributed by atoms with Gasteiger partial charge in [-0.2, -0.15) is 0 Å². The molecule has 1 saturated heterocycles. The zero-order chi connectivity index (χ0) is 14.1. The Morgan fingerprint density at radius 3 is 1.95 bits per heavy atom. The van der Waals surface area contributed by atoms with Crippen LogP contribution >= 0.6 is 0 Å². The van der Waals surface area contributed by atoms with Crippen LogP contribution in [0.25, 0.3) is 0 Å². The lowest BCUT2D eigenvalue weighted by atomic mass is 9.85. The first-order valence-electron chi connectivity index (χ1n) is 7.66. The monoisotopic (exact) mass is 267 g/mol. The normalized spacial score (nSPS) is 34.9. The summed E-state index contributed by atoms with van der Waals surface area (Å²) >= 11 is 0. The first kappa shape index (κ1) is 15.0. The zero-order valence-corrected chi connectivity index (χ0v) is 12.9.